The van der Waals surface area contributed by atoms with Crippen molar-refractivity contribution in [3.05, 3.63) is 40.8 Å². The van der Waals surface area contributed by atoms with E-state index in [1.165, 1.54) is 23.5 Å². The maximum atomic E-state index is 13.8. The minimum absolute atomic E-state index is 0.0476. The van der Waals surface area contributed by atoms with Crippen molar-refractivity contribution in [3.8, 4) is 10.4 Å². The number of hydrogen-bond acceptors (Lipinski definition) is 4. The molecule has 1 aromatic carbocycles. The van der Waals surface area contributed by atoms with Crippen molar-refractivity contribution in [1.82, 2.24) is 9.88 Å². The molecule has 5 nitrogen and oxygen atoms in total. The summed E-state index contributed by atoms with van der Waals surface area (Å²) in [5.74, 6) is -0.488. The molecular formula is C20H20FN3O2S. The van der Waals surface area contributed by atoms with Crippen molar-refractivity contribution in [3.63, 3.8) is 0 Å². The van der Waals surface area contributed by atoms with E-state index in [9.17, 15) is 14.0 Å². The van der Waals surface area contributed by atoms with Crippen LogP contribution >= 0.6 is 11.3 Å². The third-order valence-electron chi connectivity index (χ3n) is 5.97. The fourth-order valence-electron chi connectivity index (χ4n) is 4.58. The van der Waals surface area contributed by atoms with E-state index in [0.717, 1.165) is 37.1 Å². The second-order valence-corrected chi connectivity index (χ2v) is 8.83. The lowest BCUT2D eigenvalue weighted by molar-refractivity contribution is -0.123. The van der Waals surface area contributed by atoms with E-state index in [0.29, 0.717) is 22.1 Å². The topological polar surface area (TPSA) is 76.3 Å². The van der Waals surface area contributed by atoms with Crippen LogP contribution in [0.2, 0.25) is 0 Å². The number of carbonyl (C=O) groups is 2. The van der Waals surface area contributed by atoms with Crippen LogP contribution in [0.25, 0.3) is 10.4 Å². The first-order valence-electron chi connectivity index (χ1n) is 9.41. The van der Waals surface area contributed by atoms with Gasteiger partial charge >= 0.3 is 0 Å². The molecule has 3 atom stereocenters. The third-order valence-corrected chi connectivity index (χ3v) is 7.24. The van der Waals surface area contributed by atoms with Crippen LogP contribution in [0.4, 0.5) is 4.39 Å². The van der Waals surface area contributed by atoms with E-state index in [2.05, 4.69) is 4.98 Å². The Hall–Kier alpha value is -2.28. The molecule has 0 radical (unpaired) electrons. The number of amides is 2. The van der Waals surface area contributed by atoms with Crippen LogP contribution in [0, 0.1) is 11.7 Å². The Bertz CT molecular complexity index is 939. The number of nitrogens with two attached hydrogens (primary N) is 1. The number of thiazole rings is 1. The summed E-state index contributed by atoms with van der Waals surface area (Å²) < 4.78 is 13.8. The Kier molecular flexibility index (Phi) is 3.82. The number of likely N-dealkylation sites (tertiary alicyclic amines) is 1. The van der Waals surface area contributed by atoms with Crippen LogP contribution in [-0.2, 0) is 4.79 Å². The largest absolute Gasteiger partial charge is 0.368 e. The van der Waals surface area contributed by atoms with Crippen LogP contribution < -0.4 is 5.73 Å². The zero-order chi connectivity index (χ0) is 18.7. The van der Waals surface area contributed by atoms with Crippen LogP contribution in [-0.4, -0.2) is 33.8 Å². The van der Waals surface area contributed by atoms with E-state index in [4.69, 9.17) is 5.73 Å². The van der Waals surface area contributed by atoms with Gasteiger partial charge in [0.2, 0.25) is 5.91 Å². The number of benzene rings is 1. The van der Waals surface area contributed by atoms with Gasteiger partial charge in [-0.1, -0.05) is 12.1 Å². The number of rotatable bonds is 4. The molecule has 7 heteroatoms. The predicted molar refractivity (Wildman–Crippen MR) is 99.8 cm³/mol. The van der Waals surface area contributed by atoms with Crippen LogP contribution in [0.15, 0.2) is 24.3 Å². The highest BCUT2D eigenvalue weighted by molar-refractivity contribution is 7.15. The summed E-state index contributed by atoms with van der Waals surface area (Å²) in [7, 11) is 0. The minimum Gasteiger partial charge on any atom is -0.368 e. The van der Waals surface area contributed by atoms with Crippen LogP contribution in [0.1, 0.15) is 53.5 Å². The molecule has 1 saturated heterocycles. The standard InChI is InChI=1S/C20H20FN3O2S/c21-13-3-1-2-12(8-13)17-15(23-19(27-17)10-4-5-10)20(26)24-14-7-6-11(9-14)16(24)18(22)25/h1-3,8,10-11,14,16H,4-7,9H2,(H2,22,25). The Labute approximate surface area is 160 Å². The summed E-state index contributed by atoms with van der Waals surface area (Å²) in [6.45, 7) is 0. The molecule has 2 saturated carbocycles. The van der Waals surface area contributed by atoms with Crippen molar-refractivity contribution < 1.29 is 14.0 Å². The molecular weight excluding hydrogens is 365 g/mol. The van der Waals surface area contributed by atoms with Crippen LogP contribution in [0.5, 0.6) is 0 Å². The first-order valence-corrected chi connectivity index (χ1v) is 10.2. The number of carbonyl (C=O) groups excluding carboxylic acids is 2. The molecule has 0 spiro atoms. The summed E-state index contributed by atoms with van der Waals surface area (Å²) in [5.41, 5.74) is 6.62. The summed E-state index contributed by atoms with van der Waals surface area (Å²) in [5, 5.41) is 0.928. The average Bonchev–Trinajstić information content (AvgIpc) is 3.10. The van der Waals surface area contributed by atoms with Gasteiger partial charge in [0.1, 0.15) is 17.6 Å². The number of hydrogen-bond donors (Lipinski definition) is 1. The first-order chi connectivity index (χ1) is 13.0. The summed E-state index contributed by atoms with van der Waals surface area (Å²) in [4.78, 5) is 32.5. The van der Waals surface area contributed by atoms with Crippen LogP contribution in [0.3, 0.4) is 0 Å². The molecule has 27 heavy (non-hydrogen) atoms. The van der Waals surface area contributed by atoms with Gasteiger partial charge < -0.3 is 10.6 Å². The highest BCUT2D eigenvalue weighted by atomic mass is 32.1. The number of nitrogens with zero attached hydrogens (tertiary/aromatic N) is 2. The summed E-state index contributed by atoms with van der Waals surface area (Å²) in [6.07, 6.45) is 4.80. The summed E-state index contributed by atoms with van der Waals surface area (Å²) >= 11 is 1.47. The zero-order valence-electron chi connectivity index (χ0n) is 14.7. The number of aromatic nitrogens is 1. The fraction of sp³-hybridized carbons (Fsp3) is 0.450. The second-order valence-electron chi connectivity index (χ2n) is 7.80. The number of halogens is 1. The molecule has 1 aliphatic heterocycles. The van der Waals surface area contributed by atoms with Gasteiger partial charge in [0.25, 0.3) is 5.91 Å². The average molecular weight is 385 g/mol. The lowest BCUT2D eigenvalue weighted by atomic mass is 9.97. The number of piperidine rings is 1. The second kappa shape index (κ2) is 6.12. The van der Waals surface area contributed by atoms with Gasteiger partial charge in [-0.05, 0) is 55.7 Å². The van der Waals surface area contributed by atoms with E-state index in [1.54, 1.807) is 17.0 Å². The van der Waals surface area contributed by atoms with Crippen molar-refractivity contribution >= 4 is 23.2 Å². The molecule has 1 aromatic heterocycles. The van der Waals surface area contributed by atoms with Gasteiger partial charge in [-0.15, -0.1) is 11.3 Å². The Balaban J connectivity index is 1.58. The van der Waals surface area contributed by atoms with E-state index < -0.39 is 11.9 Å². The van der Waals surface area contributed by atoms with Gasteiger partial charge in [0.15, 0.2) is 0 Å². The van der Waals surface area contributed by atoms with E-state index >= 15 is 0 Å². The van der Waals surface area contributed by atoms with Gasteiger partial charge in [-0.3, -0.25) is 9.59 Å². The highest BCUT2D eigenvalue weighted by Crippen LogP contribution is 2.47. The molecule has 2 aromatic rings. The van der Waals surface area contributed by atoms with Gasteiger partial charge in [0, 0.05) is 12.0 Å². The monoisotopic (exact) mass is 385 g/mol. The molecule has 2 bridgehead atoms. The Morgan fingerprint density at radius 2 is 2.04 bits per heavy atom. The lowest BCUT2D eigenvalue weighted by Gasteiger charge is -2.33. The molecule has 5 rings (SSSR count). The Morgan fingerprint density at radius 1 is 1.22 bits per heavy atom. The molecule has 140 valence electrons. The minimum atomic E-state index is -0.553. The smallest absolute Gasteiger partial charge is 0.274 e. The summed E-state index contributed by atoms with van der Waals surface area (Å²) in [6, 6.07) is 5.75. The molecule has 2 amide bonds. The maximum Gasteiger partial charge on any atom is 0.274 e. The van der Waals surface area contributed by atoms with Gasteiger partial charge in [0.05, 0.1) is 9.88 Å². The molecule has 3 fully saturated rings. The van der Waals surface area contributed by atoms with Gasteiger partial charge in [-0.2, -0.15) is 0 Å². The zero-order valence-corrected chi connectivity index (χ0v) is 15.5. The number of fused-ring (bicyclic) bond motifs is 2. The SMILES string of the molecule is NC(=O)C1C2CCC(C2)N1C(=O)c1nc(C2CC2)sc1-c1cccc(F)c1. The molecule has 2 heterocycles. The molecule has 2 aliphatic carbocycles. The molecule has 3 unspecified atom stereocenters. The third kappa shape index (κ3) is 2.76. The molecule has 3 aliphatic rings. The maximum absolute atomic E-state index is 13.8. The van der Waals surface area contributed by atoms with Crippen molar-refractivity contribution in [1.29, 1.82) is 0 Å². The Morgan fingerprint density at radius 3 is 2.74 bits per heavy atom. The quantitative estimate of drug-likeness (QED) is 0.877. The van der Waals surface area contributed by atoms with E-state index in [-0.39, 0.29) is 23.7 Å². The number of primary amides is 1. The fourth-order valence-corrected chi connectivity index (χ4v) is 5.80. The van der Waals surface area contributed by atoms with Gasteiger partial charge in [-0.25, -0.2) is 9.37 Å². The highest BCUT2D eigenvalue weighted by Gasteiger charge is 2.51. The normalized spacial score (nSPS) is 26.6. The van der Waals surface area contributed by atoms with Crippen molar-refractivity contribution in [2.24, 2.45) is 11.7 Å². The predicted octanol–water partition coefficient (Wildman–Crippen LogP) is 3.31. The van der Waals surface area contributed by atoms with E-state index in [1.807, 2.05) is 0 Å². The van der Waals surface area contributed by atoms with Crippen molar-refractivity contribution in [2.45, 2.75) is 50.1 Å². The molecule has 2 N–H and O–H groups in total. The first kappa shape index (κ1) is 16.9. The van der Waals surface area contributed by atoms with Crippen molar-refractivity contribution in [2.75, 3.05) is 0 Å². The lowest BCUT2D eigenvalue weighted by Crippen LogP contribution is -2.51.